The third-order valence-electron chi connectivity index (χ3n) is 3.93. The van der Waals surface area contributed by atoms with Crippen molar-refractivity contribution in [2.45, 2.75) is 18.6 Å². The normalized spacial score (nSPS) is 18.1. The van der Waals surface area contributed by atoms with E-state index in [9.17, 15) is 9.59 Å². The Kier molecular flexibility index (Phi) is 7.18. The highest BCUT2D eigenvalue weighted by Gasteiger charge is 2.32. The van der Waals surface area contributed by atoms with E-state index in [1.807, 2.05) is 12.1 Å². The van der Waals surface area contributed by atoms with Gasteiger partial charge in [-0.25, -0.2) is 0 Å². The van der Waals surface area contributed by atoms with Crippen LogP contribution in [0.1, 0.15) is 18.9 Å². The second-order valence-electron chi connectivity index (χ2n) is 6.05. The van der Waals surface area contributed by atoms with Gasteiger partial charge >= 0.3 is 0 Å². The van der Waals surface area contributed by atoms with Crippen molar-refractivity contribution in [3.05, 3.63) is 63.1 Å². The number of hydrogen-bond acceptors (Lipinski definition) is 5. The molecule has 1 heterocycles. The van der Waals surface area contributed by atoms with Gasteiger partial charge in [0.25, 0.3) is 0 Å². The molecule has 0 bridgehead atoms. The minimum absolute atomic E-state index is 0.0434. The number of amides is 2. The van der Waals surface area contributed by atoms with Crippen molar-refractivity contribution in [3.63, 3.8) is 0 Å². The van der Waals surface area contributed by atoms with Gasteiger partial charge in [0.1, 0.15) is 5.25 Å². The van der Waals surface area contributed by atoms with Crippen LogP contribution in [0.2, 0.25) is 15.1 Å². The van der Waals surface area contributed by atoms with Crippen LogP contribution < -0.4 is 10.6 Å². The highest BCUT2D eigenvalue weighted by atomic mass is 35.5. The molecule has 1 fully saturated rings. The predicted molar refractivity (Wildman–Crippen MR) is 120 cm³/mol. The first-order valence-electron chi connectivity index (χ1n) is 8.43. The maximum absolute atomic E-state index is 12.3. The summed E-state index contributed by atoms with van der Waals surface area (Å²) in [6.07, 6.45) is -0.0434. The molecule has 0 saturated carbocycles. The fraction of sp³-hybridized carbons (Fsp3) is 0.158. The van der Waals surface area contributed by atoms with E-state index in [1.54, 1.807) is 37.3 Å². The van der Waals surface area contributed by atoms with E-state index >= 15 is 0 Å². The number of benzene rings is 2. The van der Waals surface area contributed by atoms with Crippen molar-refractivity contribution in [1.29, 1.82) is 0 Å². The van der Waals surface area contributed by atoms with Gasteiger partial charge in [0.2, 0.25) is 11.8 Å². The van der Waals surface area contributed by atoms with Crippen molar-refractivity contribution in [3.8, 4) is 0 Å². The lowest BCUT2D eigenvalue weighted by atomic mass is 10.1. The van der Waals surface area contributed by atoms with E-state index in [-0.39, 0.29) is 23.3 Å². The number of carbonyl (C=O) groups is 2. The summed E-state index contributed by atoms with van der Waals surface area (Å²) in [7, 11) is 0. The molecule has 0 unspecified atom stereocenters. The first-order chi connectivity index (χ1) is 13.8. The number of rotatable bonds is 5. The smallest absolute Gasteiger partial charge is 0.240 e. The van der Waals surface area contributed by atoms with Gasteiger partial charge in [-0.15, -0.1) is 5.10 Å². The van der Waals surface area contributed by atoms with E-state index in [4.69, 9.17) is 34.8 Å². The van der Waals surface area contributed by atoms with E-state index < -0.39 is 5.25 Å². The molecular weight excluding hydrogens is 455 g/mol. The Bertz CT molecular complexity index is 1010. The van der Waals surface area contributed by atoms with E-state index in [1.165, 1.54) is 0 Å². The maximum atomic E-state index is 12.3. The Labute approximate surface area is 186 Å². The molecule has 1 aliphatic rings. The number of nitrogens with zero attached hydrogens (tertiary/aromatic N) is 2. The van der Waals surface area contributed by atoms with Gasteiger partial charge in [-0.1, -0.05) is 64.8 Å². The maximum Gasteiger partial charge on any atom is 0.240 e. The minimum atomic E-state index is -0.613. The monoisotopic (exact) mass is 468 g/mol. The number of nitrogens with one attached hydrogen (secondary N) is 2. The number of amidine groups is 1. The van der Waals surface area contributed by atoms with Gasteiger partial charge in [0.05, 0.1) is 21.4 Å². The van der Waals surface area contributed by atoms with Crippen molar-refractivity contribution < 1.29 is 9.59 Å². The minimum Gasteiger partial charge on any atom is -0.325 e. The number of carbonyl (C=O) groups excluding carboxylic acids is 2. The summed E-state index contributed by atoms with van der Waals surface area (Å²) in [5, 5.41) is 14.4. The summed E-state index contributed by atoms with van der Waals surface area (Å²) < 4.78 is 0. The first-order valence-corrected chi connectivity index (χ1v) is 10.4. The molecule has 0 radical (unpaired) electrons. The highest BCUT2D eigenvalue weighted by Crippen LogP contribution is 2.30. The molecular formula is C19H15Cl3N4O2S. The molecule has 6 nitrogen and oxygen atoms in total. The average Bonchev–Trinajstić information content (AvgIpc) is 3.03. The molecule has 10 heteroatoms. The van der Waals surface area contributed by atoms with Crippen molar-refractivity contribution in [1.82, 2.24) is 5.32 Å². The molecule has 1 atom stereocenters. The summed E-state index contributed by atoms with van der Waals surface area (Å²) in [6.45, 7) is 1.80. The number of thioether (sulfide) groups is 1. The Morgan fingerprint density at radius 3 is 2.62 bits per heavy atom. The van der Waals surface area contributed by atoms with Gasteiger partial charge in [0.15, 0.2) is 5.17 Å². The molecule has 2 N–H and O–H groups in total. The van der Waals surface area contributed by atoms with Gasteiger partial charge in [0, 0.05) is 11.4 Å². The Morgan fingerprint density at radius 1 is 1.17 bits per heavy atom. The summed E-state index contributed by atoms with van der Waals surface area (Å²) in [4.78, 5) is 24.4. The van der Waals surface area contributed by atoms with Crippen LogP contribution in [0.25, 0.3) is 0 Å². The fourth-order valence-electron chi connectivity index (χ4n) is 2.43. The van der Waals surface area contributed by atoms with Crippen LogP contribution in [0.3, 0.4) is 0 Å². The van der Waals surface area contributed by atoms with Crippen molar-refractivity contribution >= 4 is 74.9 Å². The topological polar surface area (TPSA) is 82.9 Å². The zero-order chi connectivity index (χ0) is 21.0. The van der Waals surface area contributed by atoms with Gasteiger partial charge in [-0.2, -0.15) is 5.10 Å². The lowest BCUT2D eigenvalue weighted by molar-refractivity contribution is -0.122. The molecule has 2 aromatic rings. The predicted octanol–water partition coefficient (Wildman–Crippen LogP) is 4.99. The Morgan fingerprint density at radius 2 is 1.90 bits per heavy atom. The quantitative estimate of drug-likeness (QED) is 0.478. The largest absolute Gasteiger partial charge is 0.325 e. The molecule has 0 spiro atoms. The molecule has 2 amide bonds. The van der Waals surface area contributed by atoms with Crippen LogP contribution in [0, 0.1) is 0 Å². The van der Waals surface area contributed by atoms with Crippen LogP contribution in [-0.4, -0.2) is 27.9 Å². The standard InChI is InChI=1S/C19H15Cl3N4O2S/c1-10(11-5-7-12(20)8-6-11)25-26-19-24-18(28)15(29-19)9-16(27)23-14-4-2-3-13(21)17(14)22/h2-8,15H,9H2,1H3,(H,23,27)(H,24,26,28)/b25-10-/t15-/m1/s1. The summed E-state index contributed by atoms with van der Waals surface area (Å²) >= 11 is 19.0. The molecule has 150 valence electrons. The SMILES string of the molecule is C/C(=N/N=C1\NC(=O)[C@@H](CC(=O)Nc2cccc(Cl)c2Cl)S1)c1ccc(Cl)cc1. The van der Waals surface area contributed by atoms with Crippen molar-refractivity contribution in [2.24, 2.45) is 10.2 Å². The number of hydrogen-bond donors (Lipinski definition) is 2. The van der Waals surface area contributed by atoms with Gasteiger partial charge in [-0.3, -0.25) is 9.59 Å². The zero-order valence-corrected chi connectivity index (χ0v) is 18.2. The van der Waals surface area contributed by atoms with Gasteiger partial charge in [-0.05, 0) is 36.8 Å². The lowest BCUT2D eigenvalue weighted by Crippen LogP contribution is -2.28. The van der Waals surface area contributed by atoms with Crippen LogP contribution in [-0.2, 0) is 9.59 Å². The zero-order valence-electron chi connectivity index (χ0n) is 15.1. The molecule has 1 aliphatic heterocycles. The highest BCUT2D eigenvalue weighted by molar-refractivity contribution is 8.15. The van der Waals surface area contributed by atoms with Crippen LogP contribution in [0.15, 0.2) is 52.7 Å². The van der Waals surface area contributed by atoms with Crippen LogP contribution >= 0.6 is 46.6 Å². The Hall–Kier alpha value is -2.06. The molecule has 0 aromatic heterocycles. The van der Waals surface area contributed by atoms with E-state index in [0.717, 1.165) is 17.3 Å². The summed E-state index contributed by atoms with van der Waals surface area (Å²) in [5.74, 6) is -0.663. The van der Waals surface area contributed by atoms with Gasteiger partial charge < -0.3 is 10.6 Å². The third-order valence-corrected chi connectivity index (χ3v) is 6.07. The number of anilines is 1. The molecule has 2 aromatic carbocycles. The molecule has 3 rings (SSSR count). The molecule has 29 heavy (non-hydrogen) atoms. The van der Waals surface area contributed by atoms with Crippen LogP contribution in [0.4, 0.5) is 5.69 Å². The van der Waals surface area contributed by atoms with E-state index in [0.29, 0.717) is 26.6 Å². The summed E-state index contributed by atoms with van der Waals surface area (Å²) in [6, 6.07) is 12.1. The first kappa shape index (κ1) is 21.6. The average molecular weight is 470 g/mol. The second-order valence-corrected chi connectivity index (χ2v) is 8.46. The lowest BCUT2D eigenvalue weighted by Gasteiger charge is -2.09. The molecule has 1 saturated heterocycles. The summed E-state index contributed by atoms with van der Waals surface area (Å²) in [5.41, 5.74) is 1.92. The van der Waals surface area contributed by atoms with E-state index in [2.05, 4.69) is 20.8 Å². The Balaban J connectivity index is 1.61. The fourth-order valence-corrected chi connectivity index (χ4v) is 3.82. The second kappa shape index (κ2) is 9.63. The van der Waals surface area contributed by atoms with Crippen molar-refractivity contribution in [2.75, 3.05) is 5.32 Å². The van der Waals surface area contributed by atoms with Crippen LogP contribution in [0.5, 0.6) is 0 Å². The number of halogens is 3. The third kappa shape index (κ3) is 5.73. The molecule has 0 aliphatic carbocycles.